The molecular formula is C26H19N5O2. The Hall–Kier alpha value is -4.78. The summed E-state index contributed by atoms with van der Waals surface area (Å²) in [5, 5.41) is 5.72. The lowest BCUT2D eigenvalue weighted by Crippen LogP contribution is -2.11. The van der Waals surface area contributed by atoms with Gasteiger partial charge in [-0.1, -0.05) is 36.4 Å². The van der Waals surface area contributed by atoms with Gasteiger partial charge in [-0.15, -0.1) is 0 Å². The normalized spacial score (nSPS) is 10.7. The maximum Gasteiger partial charge on any atom is 0.255 e. The van der Waals surface area contributed by atoms with Gasteiger partial charge in [-0.3, -0.25) is 9.59 Å². The lowest BCUT2D eigenvalue weighted by molar-refractivity contribution is 0.101. The van der Waals surface area contributed by atoms with Crippen molar-refractivity contribution in [2.24, 2.45) is 0 Å². The first-order valence-electron chi connectivity index (χ1n) is 10.3. The quantitative estimate of drug-likeness (QED) is 0.358. The number of pyridine rings is 1. The van der Waals surface area contributed by atoms with Crippen molar-refractivity contribution in [1.82, 2.24) is 15.0 Å². The summed E-state index contributed by atoms with van der Waals surface area (Å²) in [6.07, 6.45) is 1.59. The molecular weight excluding hydrogens is 414 g/mol. The van der Waals surface area contributed by atoms with E-state index in [9.17, 15) is 9.59 Å². The van der Waals surface area contributed by atoms with E-state index in [2.05, 4.69) is 25.6 Å². The number of carbonyl (C=O) groups is 2. The number of fused-ring (bicyclic) bond motifs is 1. The number of carbonyl (C=O) groups excluding carboxylic acids is 2. The highest BCUT2D eigenvalue weighted by atomic mass is 16.2. The van der Waals surface area contributed by atoms with Gasteiger partial charge in [0.2, 0.25) is 0 Å². The second-order valence-electron chi connectivity index (χ2n) is 7.39. The van der Waals surface area contributed by atoms with Crippen molar-refractivity contribution in [2.45, 2.75) is 0 Å². The summed E-state index contributed by atoms with van der Waals surface area (Å²) in [5.74, 6) is 0.270. The largest absolute Gasteiger partial charge is 0.323 e. The minimum absolute atomic E-state index is 0.165. The number of hydrogen-bond acceptors (Lipinski definition) is 4. The maximum absolute atomic E-state index is 12.4. The molecule has 2 aromatic heterocycles. The van der Waals surface area contributed by atoms with Gasteiger partial charge in [0, 0.05) is 22.4 Å². The Morgan fingerprint density at radius 1 is 0.697 bits per heavy atom. The number of aromatic amines is 1. The van der Waals surface area contributed by atoms with Crippen LogP contribution < -0.4 is 10.6 Å². The number of amides is 2. The summed E-state index contributed by atoms with van der Waals surface area (Å²) in [6, 6.07) is 27.2. The zero-order chi connectivity index (χ0) is 22.6. The smallest absolute Gasteiger partial charge is 0.255 e. The zero-order valence-electron chi connectivity index (χ0n) is 17.4. The van der Waals surface area contributed by atoms with Gasteiger partial charge in [0.15, 0.2) is 5.65 Å². The molecule has 2 amide bonds. The Labute approximate surface area is 189 Å². The third kappa shape index (κ3) is 4.47. The van der Waals surface area contributed by atoms with E-state index >= 15 is 0 Å². The van der Waals surface area contributed by atoms with Crippen LogP contribution >= 0.6 is 0 Å². The first-order chi connectivity index (χ1) is 16.2. The number of benzene rings is 3. The number of rotatable bonds is 5. The van der Waals surface area contributed by atoms with Gasteiger partial charge in [-0.05, 0) is 54.6 Å². The molecule has 0 bridgehead atoms. The molecule has 0 spiro atoms. The second kappa shape index (κ2) is 8.76. The van der Waals surface area contributed by atoms with E-state index in [0.29, 0.717) is 39.5 Å². The Balaban J connectivity index is 1.31. The number of aromatic nitrogens is 3. The summed E-state index contributed by atoms with van der Waals surface area (Å²) in [5.41, 5.74) is 4.52. The number of H-pyrrole nitrogens is 1. The molecule has 3 N–H and O–H groups in total. The lowest BCUT2D eigenvalue weighted by atomic mass is 10.1. The average Bonchev–Trinajstić information content (AvgIpc) is 3.29. The fourth-order valence-electron chi connectivity index (χ4n) is 3.40. The summed E-state index contributed by atoms with van der Waals surface area (Å²) < 4.78 is 0. The molecule has 0 aliphatic heterocycles. The molecule has 0 fully saturated rings. The number of nitrogens with zero attached hydrogens (tertiary/aromatic N) is 2. The van der Waals surface area contributed by atoms with Crippen molar-refractivity contribution in [2.75, 3.05) is 10.6 Å². The molecule has 2 heterocycles. The average molecular weight is 433 g/mol. The molecule has 0 aliphatic carbocycles. The van der Waals surface area contributed by atoms with Crippen LogP contribution in [-0.4, -0.2) is 26.8 Å². The molecule has 0 unspecified atom stereocenters. The van der Waals surface area contributed by atoms with E-state index in [1.807, 2.05) is 60.7 Å². The topological polar surface area (TPSA) is 99.8 Å². The van der Waals surface area contributed by atoms with Gasteiger partial charge in [0.1, 0.15) is 11.3 Å². The second-order valence-corrected chi connectivity index (χ2v) is 7.39. The van der Waals surface area contributed by atoms with Crippen LogP contribution in [0.2, 0.25) is 0 Å². The zero-order valence-corrected chi connectivity index (χ0v) is 17.4. The van der Waals surface area contributed by atoms with Crippen molar-refractivity contribution in [1.29, 1.82) is 0 Å². The van der Waals surface area contributed by atoms with E-state index < -0.39 is 0 Å². The predicted octanol–water partition coefficient (Wildman–Crippen LogP) is 5.13. The van der Waals surface area contributed by atoms with Crippen LogP contribution in [0.15, 0.2) is 97.2 Å². The van der Waals surface area contributed by atoms with Crippen molar-refractivity contribution in [3.63, 3.8) is 0 Å². The highest BCUT2D eigenvalue weighted by Gasteiger charge is 2.11. The fraction of sp³-hybridized carbons (Fsp3) is 0. The lowest BCUT2D eigenvalue weighted by Gasteiger charge is -2.05. The first-order valence-corrected chi connectivity index (χ1v) is 10.3. The fourth-order valence-corrected chi connectivity index (χ4v) is 3.40. The highest BCUT2D eigenvalue weighted by molar-refractivity contribution is 6.05. The molecule has 0 saturated carbocycles. The molecule has 7 heteroatoms. The van der Waals surface area contributed by atoms with E-state index in [4.69, 9.17) is 0 Å². The summed E-state index contributed by atoms with van der Waals surface area (Å²) in [4.78, 5) is 36.9. The molecule has 0 radical (unpaired) electrons. The van der Waals surface area contributed by atoms with Gasteiger partial charge in [0.25, 0.3) is 11.8 Å². The van der Waals surface area contributed by atoms with Gasteiger partial charge in [0.05, 0.1) is 11.9 Å². The molecule has 0 aliphatic rings. The van der Waals surface area contributed by atoms with Crippen LogP contribution in [0.1, 0.15) is 20.7 Å². The van der Waals surface area contributed by atoms with E-state index in [0.717, 1.165) is 5.56 Å². The molecule has 160 valence electrons. The van der Waals surface area contributed by atoms with Gasteiger partial charge in [-0.25, -0.2) is 9.97 Å². The van der Waals surface area contributed by atoms with Crippen LogP contribution in [-0.2, 0) is 0 Å². The molecule has 3 aromatic carbocycles. The SMILES string of the molecule is O=C(Nc1ccc(-c2nc3cc(NC(=O)c4ccccc4)cnc3[nH]2)cc1)c1ccccc1. The minimum atomic E-state index is -0.208. The number of hydrogen-bond donors (Lipinski definition) is 3. The van der Waals surface area contributed by atoms with Crippen LogP contribution in [0, 0.1) is 0 Å². The molecule has 0 atom stereocenters. The molecule has 33 heavy (non-hydrogen) atoms. The van der Waals surface area contributed by atoms with Crippen molar-refractivity contribution in [3.05, 3.63) is 108 Å². The number of anilines is 2. The van der Waals surface area contributed by atoms with Crippen molar-refractivity contribution in [3.8, 4) is 11.4 Å². The van der Waals surface area contributed by atoms with Crippen molar-refractivity contribution < 1.29 is 9.59 Å². The maximum atomic E-state index is 12.4. The van der Waals surface area contributed by atoms with Crippen LogP contribution in [0.5, 0.6) is 0 Å². The third-order valence-electron chi connectivity index (χ3n) is 5.08. The van der Waals surface area contributed by atoms with Gasteiger partial charge < -0.3 is 15.6 Å². The first kappa shape index (κ1) is 20.1. The molecule has 5 aromatic rings. The van der Waals surface area contributed by atoms with Crippen molar-refractivity contribution >= 4 is 34.4 Å². The number of imidazole rings is 1. The summed E-state index contributed by atoms with van der Waals surface area (Å²) in [6.45, 7) is 0. The Morgan fingerprint density at radius 3 is 1.88 bits per heavy atom. The van der Waals surface area contributed by atoms with Crippen LogP contribution in [0.25, 0.3) is 22.6 Å². The number of nitrogens with one attached hydrogen (secondary N) is 3. The molecule has 5 rings (SSSR count). The van der Waals surface area contributed by atoms with Gasteiger partial charge in [-0.2, -0.15) is 0 Å². The van der Waals surface area contributed by atoms with E-state index in [1.165, 1.54) is 0 Å². The Morgan fingerprint density at radius 2 is 1.27 bits per heavy atom. The van der Waals surface area contributed by atoms with E-state index in [1.54, 1.807) is 36.5 Å². The minimum Gasteiger partial charge on any atom is -0.323 e. The Kier molecular flexibility index (Phi) is 5.35. The third-order valence-corrected chi connectivity index (χ3v) is 5.08. The van der Waals surface area contributed by atoms with E-state index in [-0.39, 0.29) is 11.8 Å². The summed E-state index contributed by atoms with van der Waals surface area (Å²) in [7, 11) is 0. The van der Waals surface area contributed by atoms with Gasteiger partial charge >= 0.3 is 0 Å². The van der Waals surface area contributed by atoms with Crippen LogP contribution in [0.4, 0.5) is 11.4 Å². The predicted molar refractivity (Wildman–Crippen MR) is 128 cm³/mol. The Bertz CT molecular complexity index is 1430. The monoisotopic (exact) mass is 433 g/mol. The molecule has 0 saturated heterocycles. The summed E-state index contributed by atoms with van der Waals surface area (Å²) >= 11 is 0. The molecule has 7 nitrogen and oxygen atoms in total. The standard InChI is InChI=1S/C26H19N5O2/c32-25(18-7-3-1-4-8-18)28-20-13-11-17(12-14-20)23-30-22-15-21(16-27-24(22)31-23)29-26(33)19-9-5-2-6-10-19/h1-16H,(H,28,32)(H,29,33)(H,27,30,31). The highest BCUT2D eigenvalue weighted by Crippen LogP contribution is 2.23. The van der Waals surface area contributed by atoms with Crippen LogP contribution in [0.3, 0.4) is 0 Å².